The number of carbonyl (C=O) groups excluding carboxylic acids is 1. The number of hydrogen-bond acceptors (Lipinski definition) is 3. The standard InChI is InChI=1S/C16H18ClN3O3/c1-10(2)19(9-15(21)22)16(23)14-8-20(18-11(14)3)13-6-4-12(17)5-7-13/h4-8,10H,9H2,1-3H3,(H,21,22). The Balaban J connectivity index is 2.34. The summed E-state index contributed by atoms with van der Waals surface area (Å²) >= 11 is 5.86. The molecule has 0 unspecified atom stereocenters. The number of carbonyl (C=O) groups is 2. The Hall–Kier alpha value is -2.34. The van der Waals surface area contributed by atoms with Gasteiger partial charge in [-0.2, -0.15) is 5.10 Å². The molecule has 0 spiro atoms. The maximum atomic E-state index is 12.6. The van der Waals surface area contributed by atoms with Crippen molar-refractivity contribution in [3.8, 4) is 5.69 Å². The van der Waals surface area contributed by atoms with Crippen LogP contribution in [0.1, 0.15) is 29.9 Å². The van der Waals surface area contributed by atoms with Crippen molar-refractivity contribution < 1.29 is 14.7 Å². The van der Waals surface area contributed by atoms with Gasteiger partial charge in [-0.3, -0.25) is 9.59 Å². The third kappa shape index (κ3) is 3.90. The first-order valence-electron chi connectivity index (χ1n) is 7.14. The van der Waals surface area contributed by atoms with Crippen LogP contribution in [0.5, 0.6) is 0 Å². The fourth-order valence-corrected chi connectivity index (χ4v) is 2.31. The molecular weight excluding hydrogens is 318 g/mol. The third-order valence-corrected chi connectivity index (χ3v) is 3.66. The SMILES string of the molecule is Cc1nn(-c2ccc(Cl)cc2)cc1C(=O)N(CC(=O)O)C(C)C. The van der Waals surface area contributed by atoms with Crippen LogP contribution in [0, 0.1) is 6.92 Å². The summed E-state index contributed by atoms with van der Waals surface area (Å²) in [4.78, 5) is 24.9. The molecule has 1 aromatic carbocycles. The number of aliphatic carboxylic acids is 1. The molecule has 0 radical (unpaired) electrons. The molecule has 1 N–H and O–H groups in total. The van der Waals surface area contributed by atoms with Gasteiger partial charge in [-0.25, -0.2) is 4.68 Å². The highest BCUT2D eigenvalue weighted by atomic mass is 35.5. The highest BCUT2D eigenvalue weighted by Crippen LogP contribution is 2.17. The van der Waals surface area contributed by atoms with Crippen LogP contribution in [0.25, 0.3) is 5.69 Å². The smallest absolute Gasteiger partial charge is 0.323 e. The van der Waals surface area contributed by atoms with Gasteiger partial charge in [-0.05, 0) is 45.0 Å². The highest BCUT2D eigenvalue weighted by Gasteiger charge is 2.24. The van der Waals surface area contributed by atoms with Crippen LogP contribution >= 0.6 is 11.6 Å². The van der Waals surface area contributed by atoms with E-state index in [1.54, 1.807) is 55.9 Å². The monoisotopic (exact) mass is 335 g/mol. The summed E-state index contributed by atoms with van der Waals surface area (Å²) in [7, 11) is 0. The van der Waals surface area contributed by atoms with E-state index in [0.29, 0.717) is 16.3 Å². The Morgan fingerprint density at radius 2 is 1.91 bits per heavy atom. The van der Waals surface area contributed by atoms with Crippen LogP contribution in [0.3, 0.4) is 0 Å². The van der Waals surface area contributed by atoms with E-state index in [0.717, 1.165) is 5.69 Å². The highest BCUT2D eigenvalue weighted by molar-refractivity contribution is 6.30. The van der Waals surface area contributed by atoms with E-state index in [1.807, 2.05) is 0 Å². The second-order valence-electron chi connectivity index (χ2n) is 5.47. The van der Waals surface area contributed by atoms with Gasteiger partial charge in [0.2, 0.25) is 0 Å². The van der Waals surface area contributed by atoms with Crippen LogP contribution in [0.4, 0.5) is 0 Å². The van der Waals surface area contributed by atoms with Crippen LogP contribution in [-0.2, 0) is 4.79 Å². The summed E-state index contributed by atoms with van der Waals surface area (Å²) in [5, 5.41) is 13.9. The molecule has 1 heterocycles. The van der Waals surface area contributed by atoms with Crippen molar-refractivity contribution in [3.05, 3.63) is 46.7 Å². The Bertz CT molecular complexity index is 723. The summed E-state index contributed by atoms with van der Waals surface area (Å²) in [6.07, 6.45) is 1.61. The molecule has 2 rings (SSSR count). The molecule has 122 valence electrons. The lowest BCUT2D eigenvalue weighted by Gasteiger charge is -2.24. The quantitative estimate of drug-likeness (QED) is 0.911. The summed E-state index contributed by atoms with van der Waals surface area (Å²) < 4.78 is 1.58. The summed E-state index contributed by atoms with van der Waals surface area (Å²) in [6, 6.07) is 6.83. The van der Waals surface area contributed by atoms with Crippen molar-refractivity contribution in [2.24, 2.45) is 0 Å². The van der Waals surface area contributed by atoms with E-state index in [9.17, 15) is 9.59 Å². The number of rotatable bonds is 5. The fourth-order valence-electron chi connectivity index (χ4n) is 2.19. The minimum absolute atomic E-state index is 0.225. The van der Waals surface area contributed by atoms with Crippen molar-refractivity contribution in [2.45, 2.75) is 26.8 Å². The zero-order valence-corrected chi connectivity index (χ0v) is 13.9. The molecule has 0 saturated carbocycles. The minimum atomic E-state index is -1.05. The number of benzene rings is 1. The minimum Gasteiger partial charge on any atom is -0.480 e. The molecular formula is C16H18ClN3O3. The molecule has 0 atom stereocenters. The lowest BCUT2D eigenvalue weighted by molar-refractivity contribution is -0.138. The molecule has 1 aromatic heterocycles. The van der Waals surface area contributed by atoms with Gasteiger partial charge < -0.3 is 10.0 Å². The summed E-state index contributed by atoms with van der Waals surface area (Å²) in [6.45, 7) is 4.93. The second-order valence-corrected chi connectivity index (χ2v) is 5.91. The predicted octanol–water partition coefficient (Wildman–Crippen LogP) is 2.77. The average molecular weight is 336 g/mol. The zero-order chi connectivity index (χ0) is 17.1. The number of carboxylic acids is 1. The summed E-state index contributed by atoms with van der Waals surface area (Å²) in [5.41, 5.74) is 1.70. The van der Waals surface area contributed by atoms with Crippen molar-refractivity contribution >= 4 is 23.5 Å². The average Bonchev–Trinajstić information content (AvgIpc) is 2.86. The Labute approximate surface area is 139 Å². The third-order valence-electron chi connectivity index (χ3n) is 3.41. The number of hydrogen-bond donors (Lipinski definition) is 1. The maximum absolute atomic E-state index is 12.6. The molecule has 0 fully saturated rings. The molecule has 0 aliphatic heterocycles. The van der Waals surface area contributed by atoms with E-state index in [1.165, 1.54) is 4.90 Å². The van der Waals surface area contributed by atoms with Crippen LogP contribution in [0.15, 0.2) is 30.5 Å². The lowest BCUT2D eigenvalue weighted by Crippen LogP contribution is -2.40. The molecule has 2 aromatic rings. The van der Waals surface area contributed by atoms with Crippen molar-refractivity contribution in [1.82, 2.24) is 14.7 Å². The Morgan fingerprint density at radius 3 is 2.43 bits per heavy atom. The van der Waals surface area contributed by atoms with Crippen molar-refractivity contribution in [3.63, 3.8) is 0 Å². The van der Waals surface area contributed by atoms with E-state index in [4.69, 9.17) is 16.7 Å². The maximum Gasteiger partial charge on any atom is 0.323 e. The summed E-state index contributed by atoms with van der Waals surface area (Å²) in [5.74, 6) is -1.39. The number of amides is 1. The molecule has 0 aliphatic carbocycles. The molecule has 23 heavy (non-hydrogen) atoms. The second kappa shape index (κ2) is 6.83. The van der Waals surface area contributed by atoms with Crippen LogP contribution in [-0.4, -0.2) is 44.3 Å². The zero-order valence-electron chi connectivity index (χ0n) is 13.2. The number of halogens is 1. The van der Waals surface area contributed by atoms with E-state index >= 15 is 0 Å². The predicted molar refractivity (Wildman–Crippen MR) is 87.1 cm³/mol. The number of aryl methyl sites for hydroxylation is 1. The largest absolute Gasteiger partial charge is 0.480 e. The lowest BCUT2D eigenvalue weighted by atomic mass is 10.2. The first-order valence-corrected chi connectivity index (χ1v) is 7.52. The van der Waals surface area contributed by atoms with Gasteiger partial charge in [0.05, 0.1) is 16.9 Å². The number of carboxylic acid groups (broad SMARTS) is 1. The van der Waals surface area contributed by atoms with Gasteiger partial charge >= 0.3 is 5.97 Å². The molecule has 0 aliphatic rings. The Morgan fingerprint density at radius 1 is 1.30 bits per heavy atom. The van der Waals surface area contributed by atoms with Crippen LogP contribution in [0.2, 0.25) is 5.02 Å². The van der Waals surface area contributed by atoms with Crippen LogP contribution < -0.4 is 0 Å². The van der Waals surface area contributed by atoms with Crippen molar-refractivity contribution in [1.29, 1.82) is 0 Å². The molecule has 0 saturated heterocycles. The first kappa shape index (κ1) is 17.0. The topological polar surface area (TPSA) is 75.4 Å². The number of aromatic nitrogens is 2. The van der Waals surface area contributed by atoms with E-state index in [2.05, 4.69) is 5.10 Å². The Kier molecular flexibility index (Phi) is 5.05. The van der Waals surface area contributed by atoms with Gasteiger partial charge in [-0.15, -0.1) is 0 Å². The van der Waals surface area contributed by atoms with Gasteiger partial charge in [0.1, 0.15) is 6.54 Å². The van der Waals surface area contributed by atoms with Crippen molar-refractivity contribution in [2.75, 3.05) is 6.54 Å². The van der Waals surface area contributed by atoms with Gasteiger partial charge in [0.25, 0.3) is 5.91 Å². The first-order chi connectivity index (χ1) is 10.8. The fraction of sp³-hybridized carbons (Fsp3) is 0.312. The molecule has 6 nitrogen and oxygen atoms in total. The molecule has 0 bridgehead atoms. The normalized spacial score (nSPS) is 10.8. The van der Waals surface area contributed by atoms with Gasteiger partial charge in [0.15, 0.2) is 0 Å². The molecule has 7 heteroatoms. The molecule has 1 amide bonds. The van der Waals surface area contributed by atoms with Gasteiger partial charge in [0, 0.05) is 17.3 Å². The van der Waals surface area contributed by atoms with E-state index < -0.39 is 5.97 Å². The van der Waals surface area contributed by atoms with Gasteiger partial charge in [-0.1, -0.05) is 11.6 Å². The number of nitrogens with zero attached hydrogens (tertiary/aromatic N) is 3. The van der Waals surface area contributed by atoms with E-state index in [-0.39, 0.29) is 18.5 Å².